The zero-order chi connectivity index (χ0) is 15.8. The molecule has 1 rings (SSSR count). The Hall–Kier alpha value is -0.860. The molecule has 0 fully saturated rings. The first-order valence-electron chi connectivity index (χ1n) is 7.44. The highest BCUT2D eigenvalue weighted by molar-refractivity contribution is 8.02. The highest BCUT2D eigenvalue weighted by atomic mass is 32.2. The van der Waals surface area contributed by atoms with Crippen molar-refractivity contribution in [3.8, 4) is 0 Å². The Morgan fingerprint density at radius 3 is 2.00 bits per heavy atom. The van der Waals surface area contributed by atoms with Gasteiger partial charge in [-0.3, -0.25) is 0 Å². The maximum absolute atomic E-state index is 4.43. The minimum Gasteiger partial charge on any atom is -0.148 e. The first-order valence-corrected chi connectivity index (χ1v) is 9.11. The fourth-order valence-electron chi connectivity index (χ4n) is 2.16. The highest BCUT2D eigenvalue weighted by Crippen LogP contribution is 2.30. The predicted octanol–water partition coefficient (Wildman–Crippen LogP) is 6.63. The van der Waals surface area contributed by atoms with E-state index in [0.29, 0.717) is 0 Å². The molecule has 0 radical (unpaired) electrons. The maximum atomic E-state index is 4.43. The van der Waals surface area contributed by atoms with Crippen molar-refractivity contribution in [1.82, 2.24) is 0 Å². The summed E-state index contributed by atoms with van der Waals surface area (Å²) in [6.07, 6.45) is 14.9. The van der Waals surface area contributed by atoms with Crippen molar-refractivity contribution in [3.63, 3.8) is 0 Å². The van der Waals surface area contributed by atoms with Crippen molar-refractivity contribution in [2.45, 2.75) is 39.5 Å². The molecule has 0 spiro atoms. The molecule has 114 valence electrons. The molecule has 0 aromatic heterocycles. The Balaban J connectivity index is 2.82. The third kappa shape index (κ3) is 5.80. The van der Waals surface area contributed by atoms with E-state index in [1.54, 1.807) is 11.8 Å². The van der Waals surface area contributed by atoms with E-state index in [-0.39, 0.29) is 0 Å². The summed E-state index contributed by atoms with van der Waals surface area (Å²) in [5.41, 5.74) is 4.85. The molecule has 0 nitrogen and oxygen atoms in total. The van der Waals surface area contributed by atoms with E-state index < -0.39 is 0 Å². The van der Waals surface area contributed by atoms with Gasteiger partial charge in [-0.05, 0) is 76.2 Å². The van der Waals surface area contributed by atoms with E-state index in [4.69, 9.17) is 0 Å². The van der Waals surface area contributed by atoms with Gasteiger partial charge in [-0.15, -0.1) is 24.4 Å². The van der Waals surface area contributed by atoms with Gasteiger partial charge in [-0.1, -0.05) is 39.2 Å². The average Bonchev–Trinajstić information content (AvgIpc) is 2.52. The predicted molar refractivity (Wildman–Crippen MR) is 103 cm³/mol. The third-order valence-electron chi connectivity index (χ3n) is 3.62. The quantitative estimate of drug-likeness (QED) is 0.406. The smallest absolute Gasteiger partial charge is 0.0140 e. The molecule has 21 heavy (non-hydrogen) atoms. The van der Waals surface area contributed by atoms with Gasteiger partial charge in [0.1, 0.15) is 0 Å². The van der Waals surface area contributed by atoms with Gasteiger partial charge in [0.2, 0.25) is 0 Å². The first-order chi connectivity index (χ1) is 10.0. The summed E-state index contributed by atoms with van der Waals surface area (Å²) in [5.74, 6) is 0. The minimum atomic E-state index is 0.951. The summed E-state index contributed by atoms with van der Waals surface area (Å²) in [6.45, 7) is 12.6. The van der Waals surface area contributed by atoms with E-state index >= 15 is 0 Å². The lowest BCUT2D eigenvalue weighted by molar-refractivity contribution is 0.932. The van der Waals surface area contributed by atoms with Crippen LogP contribution in [0.2, 0.25) is 0 Å². The molecular weight excluding hydrogens is 292 g/mol. The van der Waals surface area contributed by atoms with Crippen molar-refractivity contribution < 1.29 is 0 Å². The molecule has 0 bridgehead atoms. The van der Waals surface area contributed by atoms with Gasteiger partial charge in [-0.2, -0.15) is 0 Å². The van der Waals surface area contributed by atoms with Crippen molar-refractivity contribution in [2.24, 2.45) is 0 Å². The molecule has 0 atom stereocenters. The number of hydrogen-bond acceptors (Lipinski definition) is 2. The lowest BCUT2D eigenvalue weighted by Crippen LogP contribution is -1.97. The summed E-state index contributed by atoms with van der Waals surface area (Å²) >= 11 is 6.24. The van der Waals surface area contributed by atoms with Gasteiger partial charge in [0.25, 0.3) is 0 Å². The first kappa shape index (κ1) is 18.2. The minimum absolute atomic E-state index is 0.951. The van der Waals surface area contributed by atoms with Gasteiger partial charge in [0.15, 0.2) is 0 Å². The second-order valence-electron chi connectivity index (χ2n) is 5.09. The van der Waals surface area contributed by atoms with Crippen LogP contribution in [0.15, 0.2) is 69.6 Å². The van der Waals surface area contributed by atoms with Gasteiger partial charge >= 0.3 is 0 Å². The van der Waals surface area contributed by atoms with Crippen LogP contribution in [0.3, 0.4) is 0 Å². The lowest BCUT2D eigenvalue weighted by Gasteiger charge is -2.16. The van der Waals surface area contributed by atoms with Crippen LogP contribution >= 0.6 is 24.4 Å². The van der Waals surface area contributed by atoms with Gasteiger partial charge in [-0.25, -0.2) is 0 Å². The third-order valence-corrected chi connectivity index (χ3v) is 5.00. The maximum Gasteiger partial charge on any atom is -0.0140 e. The molecule has 0 aromatic carbocycles. The number of thiol groups is 1. The summed E-state index contributed by atoms with van der Waals surface area (Å²) < 4.78 is 0. The van der Waals surface area contributed by atoms with Crippen LogP contribution in [0.5, 0.6) is 0 Å². The van der Waals surface area contributed by atoms with Gasteiger partial charge in [0.05, 0.1) is 0 Å². The molecule has 0 unspecified atom stereocenters. The highest BCUT2D eigenvalue weighted by Gasteiger charge is 2.10. The molecule has 0 aliphatic heterocycles. The van der Waals surface area contributed by atoms with Gasteiger partial charge in [0, 0.05) is 0 Å². The van der Waals surface area contributed by atoms with Crippen LogP contribution in [0.25, 0.3) is 0 Å². The van der Waals surface area contributed by atoms with E-state index in [2.05, 4.69) is 70.2 Å². The van der Waals surface area contributed by atoms with Crippen LogP contribution in [-0.4, -0.2) is 6.26 Å². The monoisotopic (exact) mass is 318 g/mol. The second-order valence-corrected chi connectivity index (χ2v) is 6.60. The van der Waals surface area contributed by atoms with E-state index in [1.165, 1.54) is 16.1 Å². The van der Waals surface area contributed by atoms with Crippen molar-refractivity contribution in [3.05, 3.63) is 69.6 Å². The van der Waals surface area contributed by atoms with Gasteiger partial charge < -0.3 is 0 Å². The van der Waals surface area contributed by atoms with E-state index in [1.807, 2.05) is 0 Å². The fraction of sp³-hybridized carbons (Fsp3) is 0.368. The summed E-state index contributed by atoms with van der Waals surface area (Å²) in [6, 6.07) is 0. The number of thioether (sulfide) groups is 1. The standard InChI is InChI=1S/C19H26S2/c1-6-18(20)12-14(3)16-8-10-17(11-9-16)15(4)13-19(7-2)21-5/h8,10,12-13,20H,3-4,6-7,9,11H2,1-2,5H3/b18-12+,19-13+. The zero-order valence-corrected chi connectivity index (χ0v) is 15.1. The Morgan fingerprint density at radius 1 is 1.10 bits per heavy atom. The lowest BCUT2D eigenvalue weighted by atomic mass is 9.90. The Labute approximate surface area is 139 Å². The van der Waals surface area contributed by atoms with Crippen molar-refractivity contribution in [1.29, 1.82) is 0 Å². The molecule has 0 aromatic rings. The number of hydrogen-bond donors (Lipinski definition) is 1. The molecule has 0 saturated heterocycles. The molecule has 1 aliphatic carbocycles. The molecule has 2 heteroatoms. The normalized spacial score (nSPS) is 16.4. The van der Waals surface area contributed by atoms with E-state index in [0.717, 1.165) is 41.7 Å². The fourth-order valence-corrected chi connectivity index (χ4v) is 2.87. The second kappa shape index (κ2) is 9.22. The largest absolute Gasteiger partial charge is 0.148 e. The molecule has 0 N–H and O–H groups in total. The average molecular weight is 319 g/mol. The number of rotatable bonds is 7. The van der Waals surface area contributed by atoms with Crippen molar-refractivity contribution >= 4 is 24.4 Å². The Bertz CT molecular complexity index is 522. The Kier molecular flexibility index (Phi) is 7.98. The number of allylic oxidation sites excluding steroid dienone is 10. The molecule has 0 saturated carbocycles. The molecule has 1 aliphatic rings. The van der Waals surface area contributed by atoms with E-state index in [9.17, 15) is 0 Å². The van der Waals surface area contributed by atoms with Crippen LogP contribution in [0.1, 0.15) is 39.5 Å². The zero-order valence-electron chi connectivity index (χ0n) is 13.4. The van der Waals surface area contributed by atoms with Crippen LogP contribution in [-0.2, 0) is 0 Å². The van der Waals surface area contributed by atoms with Crippen molar-refractivity contribution in [2.75, 3.05) is 6.26 Å². The topological polar surface area (TPSA) is 0 Å². The molecule has 0 amide bonds. The molecule has 0 heterocycles. The van der Waals surface area contributed by atoms with Crippen LogP contribution in [0, 0.1) is 0 Å². The molecular formula is C19H26S2. The SMILES string of the molecule is C=C(/C=C(/S)CC)C1=CC=C(C(=C)/C=C(\CC)SC)CC1. The summed E-state index contributed by atoms with van der Waals surface area (Å²) in [7, 11) is 0. The summed E-state index contributed by atoms with van der Waals surface area (Å²) in [4.78, 5) is 2.46. The summed E-state index contributed by atoms with van der Waals surface area (Å²) in [5, 5.41) is 0. The van der Waals surface area contributed by atoms with Crippen LogP contribution < -0.4 is 0 Å². The Morgan fingerprint density at radius 2 is 1.62 bits per heavy atom. The van der Waals surface area contributed by atoms with Crippen LogP contribution in [0.4, 0.5) is 0 Å².